The Labute approximate surface area is 46.8 Å². The Morgan fingerprint density at radius 2 is 2.12 bits per heavy atom. The van der Waals surface area contributed by atoms with Crippen LogP contribution in [0, 0.1) is 0 Å². The van der Waals surface area contributed by atoms with Gasteiger partial charge in [0.15, 0.2) is 0 Å². The molecule has 0 heterocycles. The molecule has 50 valence electrons. The minimum absolute atomic E-state index is 1.00. The molecule has 0 aromatic carbocycles. The SMILES string of the molecule is COP(F)N=[PH](F)F. The zero-order valence-corrected chi connectivity index (χ0v) is 5.83. The normalized spacial score (nSPS) is 14.1. The van der Waals surface area contributed by atoms with Crippen molar-refractivity contribution in [2.45, 2.75) is 0 Å². The van der Waals surface area contributed by atoms with Crippen LogP contribution in [0.25, 0.3) is 0 Å². The van der Waals surface area contributed by atoms with E-state index < -0.39 is 16.9 Å². The van der Waals surface area contributed by atoms with Crippen molar-refractivity contribution in [2.24, 2.45) is 4.52 Å². The second-order valence-corrected chi connectivity index (χ2v) is 2.85. The summed E-state index contributed by atoms with van der Waals surface area (Å²) in [5.41, 5.74) is 0. The Balaban J connectivity index is 3.51. The second-order valence-electron chi connectivity index (χ2n) is 0.749. The minimum Gasteiger partial charge on any atom is -0.316 e. The van der Waals surface area contributed by atoms with Gasteiger partial charge in [0.2, 0.25) is 0 Å². The Morgan fingerprint density at radius 3 is 2.25 bits per heavy atom. The lowest BCUT2D eigenvalue weighted by Crippen LogP contribution is -1.59. The summed E-state index contributed by atoms with van der Waals surface area (Å²) in [5, 5.41) is 0. The van der Waals surface area contributed by atoms with E-state index in [9.17, 15) is 12.6 Å². The van der Waals surface area contributed by atoms with E-state index in [1.54, 1.807) is 0 Å². The highest BCUT2D eigenvalue weighted by Crippen LogP contribution is 2.48. The largest absolute Gasteiger partial charge is 0.355 e. The van der Waals surface area contributed by atoms with E-state index in [0.29, 0.717) is 0 Å². The molecule has 0 saturated carbocycles. The number of nitrogens with zero attached hydrogens (tertiary/aromatic N) is 1. The molecule has 0 fully saturated rings. The topological polar surface area (TPSA) is 21.6 Å². The van der Waals surface area contributed by atoms with E-state index in [1.165, 1.54) is 0 Å². The van der Waals surface area contributed by atoms with Crippen molar-refractivity contribution in [1.29, 1.82) is 0 Å². The van der Waals surface area contributed by atoms with Crippen molar-refractivity contribution >= 4 is 16.9 Å². The first kappa shape index (κ1) is 8.41. The first-order valence-corrected chi connectivity index (χ1v) is 3.87. The van der Waals surface area contributed by atoms with E-state index in [4.69, 9.17) is 0 Å². The predicted octanol–water partition coefficient (Wildman–Crippen LogP) is 3.00. The summed E-state index contributed by atoms with van der Waals surface area (Å²) in [7, 11) is -5.49. The Kier molecular flexibility index (Phi) is 4.53. The van der Waals surface area contributed by atoms with Crippen molar-refractivity contribution in [1.82, 2.24) is 0 Å². The summed E-state index contributed by atoms with van der Waals surface area (Å²) >= 11 is 0. The van der Waals surface area contributed by atoms with Gasteiger partial charge in [-0.05, 0) is 0 Å². The zero-order chi connectivity index (χ0) is 6.57. The van der Waals surface area contributed by atoms with Crippen LogP contribution >= 0.6 is 16.9 Å². The second kappa shape index (κ2) is 4.30. The molecule has 0 aromatic rings. The third-order valence-electron chi connectivity index (χ3n) is 0.305. The molecule has 0 radical (unpaired) electrons. The van der Waals surface area contributed by atoms with Crippen molar-refractivity contribution < 1.29 is 17.1 Å². The summed E-state index contributed by atoms with van der Waals surface area (Å²) in [5.74, 6) is 0. The third-order valence-corrected chi connectivity index (χ3v) is 1.84. The number of rotatable bonds is 2. The van der Waals surface area contributed by atoms with Crippen LogP contribution in [-0.2, 0) is 4.52 Å². The van der Waals surface area contributed by atoms with Gasteiger partial charge in [-0.2, -0.15) is 17.1 Å². The summed E-state index contributed by atoms with van der Waals surface area (Å²) in [6.07, 6.45) is 0. The fourth-order valence-corrected chi connectivity index (χ4v) is 0.902. The first-order valence-electron chi connectivity index (χ1n) is 1.56. The molecular formula is CH4F3NOP2. The van der Waals surface area contributed by atoms with Gasteiger partial charge >= 0.3 is 8.61 Å². The molecule has 0 rings (SSSR count). The lowest BCUT2D eigenvalue weighted by Gasteiger charge is -1.91. The van der Waals surface area contributed by atoms with Gasteiger partial charge in [0.1, 0.15) is 0 Å². The molecule has 0 aliphatic rings. The van der Waals surface area contributed by atoms with E-state index in [1.807, 2.05) is 0 Å². The molecule has 0 aromatic heterocycles. The molecule has 0 aliphatic heterocycles. The predicted molar refractivity (Wildman–Crippen MR) is 28.0 cm³/mol. The molecule has 0 spiro atoms. The van der Waals surface area contributed by atoms with E-state index in [2.05, 4.69) is 9.04 Å². The van der Waals surface area contributed by atoms with Crippen molar-refractivity contribution in [3.8, 4) is 0 Å². The average molecular weight is 165 g/mol. The molecule has 8 heavy (non-hydrogen) atoms. The van der Waals surface area contributed by atoms with Crippen LogP contribution in [0.1, 0.15) is 0 Å². The standard InChI is InChI=1S/CH4F3NOP2/c1-6-8(4)5-7(2)3/h7H,1H3. The highest BCUT2D eigenvalue weighted by Gasteiger charge is 2.01. The summed E-state index contributed by atoms with van der Waals surface area (Å²) in [4.78, 5) is 0. The summed E-state index contributed by atoms with van der Waals surface area (Å²) in [6.45, 7) is 0. The number of halogens is 3. The summed E-state index contributed by atoms with van der Waals surface area (Å²) < 4.78 is 40.0. The fourth-order valence-electron chi connectivity index (χ4n) is 0.100. The van der Waals surface area contributed by atoms with Gasteiger partial charge in [-0.3, -0.25) is 0 Å². The van der Waals surface area contributed by atoms with Crippen LogP contribution < -0.4 is 0 Å². The van der Waals surface area contributed by atoms with E-state index in [0.717, 1.165) is 7.11 Å². The van der Waals surface area contributed by atoms with Crippen LogP contribution in [0.3, 0.4) is 0 Å². The van der Waals surface area contributed by atoms with Crippen LogP contribution in [-0.4, -0.2) is 7.11 Å². The van der Waals surface area contributed by atoms with Gasteiger partial charge in [0.25, 0.3) is 8.33 Å². The van der Waals surface area contributed by atoms with Crippen molar-refractivity contribution in [3.63, 3.8) is 0 Å². The van der Waals surface area contributed by atoms with Crippen LogP contribution in [0.5, 0.6) is 0 Å². The molecule has 0 amide bonds. The van der Waals surface area contributed by atoms with Gasteiger partial charge in [-0.15, -0.1) is 0 Å². The van der Waals surface area contributed by atoms with Crippen LogP contribution in [0.2, 0.25) is 0 Å². The molecule has 2 nitrogen and oxygen atoms in total. The minimum atomic E-state index is -3.79. The Morgan fingerprint density at radius 1 is 1.62 bits per heavy atom. The van der Waals surface area contributed by atoms with Crippen LogP contribution in [0.4, 0.5) is 12.6 Å². The zero-order valence-electron chi connectivity index (χ0n) is 3.94. The Hall–Kier alpha value is 0.410. The van der Waals surface area contributed by atoms with Crippen molar-refractivity contribution in [3.05, 3.63) is 0 Å². The lowest BCUT2D eigenvalue weighted by atomic mass is 11.8. The third kappa shape index (κ3) is 4.57. The molecule has 0 bridgehead atoms. The van der Waals surface area contributed by atoms with Gasteiger partial charge in [0, 0.05) is 7.11 Å². The van der Waals surface area contributed by atoms with E-state index in [-0.39, 0.29) is 0 Å². The molecule has 0 aliphatic carbocycles. The maximum Gasteiger partial charge on any atom is 0.355 e. The molecule has 0 saturated heterocycles. The molecular weight excluding hydrogens is 161 g/mol. The van der Waals surface area contributed by atoms with Gasteiger partial charge in [-0.1, -0.05) is 0 Å². The molecule has 0 N–H and O–H groups in total. The molecule has 1 atom stereocenters. The van der Waals surface area contributed by atoms with Crippen molar-refractivity contribution in [2.75, 3.05) is 7.11 Å². The quantitative estimate of drug-likeness (QED) is 0.576. The highest BCUT2D eigenvalue weighted by molar-refractivity contribution is 7.53. The van der Waals surface area contributed by atoms with E-state index >= 15 is 0 Å². The smallest absolute Gasteiger partial charge is 0.316 e. The maximum absolute atomic E-state index is 11.6. The molecule has 7 heteroatoms. The maximum atomic E-state index is 11.6. The summed E-state index contributed by atoms with van der Waals surface area (Å²) in [6, 6.07) is 0. The molecule has 1 unspecified atom stereocenters. The van der Waals surface area contributed by atoms with Gasteiger partial charge in [-0.25, -0.2) is 0 Å². The number of hydrogen-bond acceptors (Lipinski definition) is 2. The van der Waals surface area contributed by atoms with Crippen LogP contribution in [0.15, 0.2) is 4.52 Å². The number of hydrogen-bond donors (Lipinski definition) is 0. The Bertz CT molecular complexity index is 93.3. The van der Waals surface area contributed by atoms with Gasteiger partial charge < -0.3 is 4.52 Å². The monoisotopic (exact) mass is 165 g/mol. The lowest BCUT2D eigenvalue weighted by molar-refractivity contribution is 0.431. The first-order chi connectivity index (χ1) is 3.66. The average Bonchev–Trinajstić information content (AvgIpc) is 1.65. The fraction of sp³-hybridized carbons (Fsp3) is 1.00. The highest BCUT2D eigenvalue weighted by atomic mass is 31.2. The van der Waals surface area contributed by atoms with Gasteiger partial charge in [0.05, 0.1) is 0 Å².